The van der Waals surface area contributed by atoms with Crippen LogP contribution in [0.2, 0.25) is 0 Å². The summed E-state index contributed by atoms with van der Waals surface area (Å²) in [5, 5.41) is 3.20. The van der Waals surface area contributed by atoms with E-state index in [-0.39, 0.29) is 11.8 Å². The first-order chi connectivity index (χ1) is 15.0. The number of rotatable bonds is 5. The number of anilines is 2. The maximum Gasteiger partial charge on any atom is 0.246 e. The summed E-state index contributed by atoms with van der Waals surface area (Å²) in [6.45, 7) is 7.11. The molecular weight excluding hydrogens is 392 g/mol. The molecule has 0 unspecified atom stereocenters. The van der Waals surface area contributed by atoms with Crippen LogP contribution in [0.15, 0.2) is 30.7 Å². The van der Waals surface area contributed by atoms with Gasteiger partial charge >= 0.3 is 0 Å². The van der Waals surface area contributed by atoms with Crippen LogP contribution in [0.25, 0.3) is 6.08 Å². The molecule has 1 aliphatic heterocycles. The van der Waals surface area contributed by atoms with Crippen LogP contribution >= 0.6 is 0 Å². The maximum absolute atomic E-state index is 12.7. The lowest BCUT2D eigenvalue weighted by molar-refractivity contribution is -0.127. The van der Waals surface area contributed by atoms with Crippen molar-refractivity contribution >= 4 is 23.7 Å². The van der Waals surface area contributed by atoms with Crippen molar-refractivity contribution in [3.05, 3.63) is 59.3 Å². The number of nitrogens with zero attached hydrogens (tertiary/aromatic N) is 6. The SMILES string of the molecule is Cc1cc(C)nc(Nc2cc([C@H]3CCCN(C(=O)/C=C/c4cnc[nH]4)C3)nc(C)n2)n1. The molecule has 1 fully saturated rings. The van der Waals surface area contributed by atoms with Gasteiger partial charge < -0.3 is 15.2 Å². The van der Waals surface area contributed by atoms with Crippen LogP contribution in [-0.2, 0) is 4.79 Å². The topological polar surface area (TPSA) is 113 Å². The van der Waals surface area contributed by atoms with Gasteiger partial charge in [-0.15, -0.1) is 0 Å². The zero-order valence-corrected chi connectivity index (χ0v) is 18.0. The molecule has 1 aliphatic rings. The fourth-order valence-corrected chi connectivity index (χ4v) is 3.80. The number of H-pyrrole nitrogens is 1. The predicted octanol–water partition coefficient (Wildman–Crippen LogP) is 3.08. The summed E-state index contributed by atoms with van der Waals surface area (Å²) in [4.78, 5) is 39.5. The minimum absolute atomic E-state index is 0.00735. The molecule has 0 spiro atoms. The molecule has 160 valence electrons. The molecule has 0 saturated carbocycles. The zero-order valence-electron chi connectivity index (χ0n) is 18.0. The third kappa shape index (κ3) is 5.30. The Bertz CT molecular complexity index is 1070. The minimum Gasteiger partial charge on any atom is -0.345 e. The van der Waals surface area contributed by atoms with Gasteiger partial charge in [0.2, 0.25) is 11.9 Å². The van der Waals surface area contributed by atoms with Gasteiger partial charge in [0.15, 0.2) is 0 Å². The first-order valence-corrected chi connectivity index (χ1v) is 10.4. The fourth-order valence-electron chi connectivity index (χ4n) is 3.80. The van der Waals surface area contributed by atoms with E-state index in [1.54, 1.807) is 24.7 Å². The van der Waals surface area contributed by atoms with Gasteiger partial charge in [0, 0.05) is 42.5 Å². The van der Waals surface area contributed by atoms with E-state index in [9.17, 15) is 4.79 Å². The normalized spacial score (nSPS) is 16.6. The number of nitrogens with one attached hydrogen (secondary N) is 2. The Morgan fingerprint density at radius 3 is 2.71 bits per heavy atom. The summed E-state index contributed by atoms with van der Waals surface area (Å²) >= 11 is 0. The molecular formula is C22H26N8O. The van der Waals surface area contributed by atoms with Crippen molar-refractivity contribution in [1.29, 1.82) is 0 Å². The lowest BCUT2D eigenvalue weighted by atomic mass is 9.94. The summed E-state index contributed by atoms with van der Waals surface area (Å²) in [6.07, 6.45) is 8.52. The molecule has 1 atom stereocenters. The molecule has 1 amide bonds. The van der Waals surface area contributed by atoms with Gasteiger partial charge in [-0.25, -0.2) is 24.9 Å². The molecule has 0 bridgehead atoms. The molecule has 0 aliphatic carbocycles. The van der Waals surface area contributed by atoms with Gasteiger partial charge in [-0.2, -0.15) is 0 Å². The Kier molecular flexibility index (Phi) is 6.01. The molecule has 2 N–H and O–H groups in total. The first kappa shape index (κ1) is 20.6. The third-order valence-electron chi connectivity index (χ3n) is 5.16. The molecule has 0 aromatic carbocycles. The zero-order chi connectivity index (χ0) is 21.8. The molecule has 4 rings (SSSR count). The van der Waals surface area contributed by atoms with Gasteiger partial charge in [0.25, 0.3) is 0 Å². The number of piperidine rings is 1. The summed E-state index contributed by atoms with van der Waals surface area (Å²) in [5.74, 6) is 2.00. The van der Waals surface area contributed by atoms with E-state index in [0.717, 1.165) is 42.2 Å². The molecule has 9 nitrogen and oxygen atoms in total. The molecule has 4 heterocycles. The van der Waals surface area contributed by atoms with E-state index >= 15 is 0 Å². The number of aromatic nitrogens is 6. The number of carbonyl (C=O) groups is 1. The lowest BCUT2D eigenvalue weighted by Crippen LogP contribution is -2.38. The fraction of sp³-hybridized carbons (Fsp3) is 0.364. The maximum atomic E-state index is 12.7. The van der Waals surface area contributed by atoms with Gasteiger partial charge in [-0.05, 0) is 45.8 Å². The highest BCUT2D eigenvalue weighted by Gasteiger charge is 2.25. The Morgan fingerprint density at radius 2 is 1.97 bits per heavy atom. The van der Waals surface area contributed by atoms with Gasteiger partial charge in [-0.3, -0.25) is 4.79 Å². The summed E-state index contributed by atoms with van der Waals surface area (Å²) < 4.78 is 0. The smallest absolute Gasteiger partial charge is 0.246 e. The number of carbonyl (C=O) groups excluding carboxylic acids is 1. The number of likely N-dealkylation sites (tertiary alicyclic amines) is 1. The number of imidazole rings is 1. The second kappa shape index (κ2) is 9.03. The number of hydrogen-bond acceptors (Lipinski definition) is 7. The standard InChI is InChI=1S/C22H26N8O/c1-14-9-15(2)26-22(25-14)29-20-10-19(27-16(3)28-20)17-5-4-8-30(12-17)21(31)7-6-18-11-23-13-24-18/h6-7,9-11,13,17H,4-5,8,12H2,1-3H3,(H,23,24)(H,25,26,27,28,29)/b7-6+/t17-/m0/s1. The largest absolute Gasteiger partial charge is 0.345 e. The Balaban J connectivity index is 1.48. The summed E-state index contributed by atoms with van der Waals surface area (Å²) in [6, 6.07) is 3.86. The highest BCUT2D eigenvalue weighted by Crippen LogP contribution is 2.27. The second-order valence-corrected chi connectivity index (χ2v) is 7.79. The van der Waals surface area contributed by atoms with Gasteiger partial charge in [0.05, 0.1) is 23.9 Å². The van der Waals surface area contributed by atoms with E-state index in [0.29, 0.717) is 24.1 Å². The number of aromatic amines is 1. The highest BCUT2D eigenvalue weighted by molar-refractivity contribution is 5.91. The monoisotopic (exact) mass is 418 g/mol. The molecule has 0 radical (unpaired) electrons. The van der Waals surface area contributed by atoms with Crippen molar-refractivity contribution in [1.82, 2.24) is 34.8 Å². The van der Waals surface area contributed by atoms with E-state index in [4.69, 9.17) is 0 Å². The molecule has 3 aromatic heterocycles. The Hall–Kier alpha value is -3.62. The van der Waals surface area contributed by atoms with Crippen LogP contribution in [0.3, 0.4) is 0 Å². The minimum atomic E-state index is -0.00735. The van der Waals surface area contributed by atoms with Crippen LogP contribution < -0.4 is 5.32 Å². The number of hydrogen-bond donors (Lipinski definition) is 2. The van der Waals surface area contributed by atoms with E-state index in [1.165, 1.54) is 0 Å². The van der Waals surface area contributed by atoms with E-state index in [1.807, 2.05) is 37.8 Å². The van der Waals surface area contributed by atoms with Crippen molar-refractivity contribution in [3.8, 4) is 0 Å². The number of aryl methyl sites for hydroxylation is 3. The molecule has 31 heavy (non-hydrogen) atoms. The average Bonchev–Trinajstić information content (AvgIpc) is 3.24. The number of amides is 1. The molecule has 3 aromatic rings. The third-order valence-corrected chi connectivity index (χ3v) is 5.16. The van der Waals surface area contributed by atoms with E-state index < -0.39 is 0 Å². The van der Waals surface area contributed by atoms with Crippen LogP contribution in [0.4, 0.5) is 11.8 Å². The van der Waals surface area contributed by atoms with Crippen molar-refractivity contribution in [2.24, 2.45) is 0 Å². The summed E-state index contributed by atoms with van der Waals surface area (Å²) in [7, 11) is 0. The predicted molar refractivity (Wildman–Crippen MR) is 118 cm³/mol. The molecule has 1 saturated heterocycles. The van der Waals surface area contributed by atoms with Crippen molar-refractivity contribution < 1.29 is 4.79 Å². The van der Waals surface area contributed by atoms with Crippen molar-refractivity contribution in [3.63, 3.8) is 0 Å². The van der Waals surface area contributed by atoms with Crippen LogP contribution in [0.1, 0.15) is 47.4 Å². The van der Waals surface area contributed by atoms with Crippen molar-refractivity contribution in [2.75, 3.05) is 18.4 Å². The highest BCUT2D eigenvalue weighted by atomic mass is 16.2. The van der Waals surface area contributed by atoms with E-state index in [2.05, 4.69) is 35.2 Å². The van der Waals surface area contributed by atoms with Gasteiger partial charge in [0.1, 0.15) is 11.6 Å². The first-order valence-electron chi connectivity index (χ1n) is 10.4. The Morgan fingerprint density at radius 1 is 1.16 bits per heavy atom. The quantitative estimate of drug-likeness (QED) is 0.612. The second-order valence-electron chi connectivity index (χ2n) is 7.79. The lowest BCUT2D eigenvalue weighted by Gasteiger charge is -2.32. The van der Waals surface area contributed by atoms with Crippen LogP contribution in [0.5, 0.6) is 0 Å². The summed E-state index contributed by atoms with van der Waals surface area (Å²) in [5.41, 5.74) is 3.52. The Labute approximate surface area is 181 Å². The van der Waals surface area contributed by atoms with Gasteiger partial charge in [-0.1, -0.05) is 0 Å². The average molecular weight is 419 g/mol. The van der Waals surface area contributed by atoms with Crippen LogP contribution in [-0.4, -0.2) is 53.8 Å². The van der Waals surface area contributed by atoms with Crippen LogP contribution in [0, 0.1) is 20.8 Å². The molecule has 9 heteroatoms. The van der Waals surface area contributed by atoms with Crippen molar-refractivity contribution in [2.45, 2.75) is 39.5 Å².